The molecule has 2 rings (SSSR count). The van der Waals surface area contributed by atoms with Crippen LogP contribution in [0.1, 0.15) is 56.7 Å². The highest BCUT2D eigenvalue weighted by molar-refractivity contribution is 7.88. The van der Waals surface area contributed by atoms with Gasteiger partial charge in [0.05, 0.1) is 12.3 Å². The van der Waals surface area contributed by atoms with E-state index in [1.807, 2.05) is 36.4 Å². The number of benzene rings is 2. The summed E-state index contributed by atoms with van der Waals surface area (Å²) in [7, 11) is -3.40. The van der Waals surface area contributed by atoms with Crippen LogP contribution >= 0.6 is 0 Å². The number of anilines is 1. The highest BCUT2D eigenvalue weighted by Gasteiger charge is 2.15. The van der Waals surface area contributed by atoms with Crippen LogP contribution in [0.2, 0.25) is 0 Å². The molecule has 6 nitrogen and oxygen atoms in total. The van der Waals surface area contributed by atoms with Crippen LogP contribution in [0.25, 0.3) is 0 Å². The molecule has 0 aliphatic carbocycles. The molecule has 4 N–H and O–H groups in total. The number of hydrogen-bond donors (Lipinski definition) is 3. The van der Waals surface area contributed by atoms with Gasteiger partial charge in [-0.3, -0.25) is 0 Å². The normalized spacial score (nSPS) is 13.5. The van der Waals surface area contributed by atoms with Crippen molar-refractivity contribution < 1.29 is 8.42 Å². The van der Waals surface area contributed by atoms with Crippen molar-refractivity contribution in [2.45, 2.75) is 58.4 Å². The number of nitrogens with two attached hydrogens (primary N) is 1. The van der Waals surface area contributed by atoms with Crippen molar-refractivity contribution in [1.29, 1.82) is 0 Å². The second kappa shape index (κ2) is 10.4. The van der Waals surface area contributed by atoms with Gasteiger partial charge in [0.15, 0.2) is 5.96 Å². The Morgan fingerprint density at radius 2 is 1.66 bits per heavy atom. The van der Waals surface area contributed by atoms with Gasteiger partial charge in [0.25, 0.3) is 0 Å². The third kappa shape index (κ3) is 7.51. The number of nitrogens with zero attached hydrogens (tertiary/aromatic N) is 1. The third-order valence-corrected chi connectivity index (χ3v) is 6.18. The average Bonchev–Trinajstić information content (AvgIpc) is 2.66. The van der Waals surface area contributed by atoms with E-state index in [2.05, 4.69) is 41.0 Å². The molecule has 0 fully saturated rings. The van der Waals surface area contributed by atoms with E-state index in [0.29, 0.717) is 18.4 Å². The summed E-state index contributed by atoms with van der Waals surface area (Å²) in [5, 5.41) is 3.09. The lowest BCUT2D eigenvalue weighted by molar-refractivity contribution is 0.569. The van der Waals surface area contributed by atoms with Crippen molar-refractivity contribution >= 4 is 21.7 Å². The summed E-state index contributed by atoms with van der Waals surface area (Å²) >= 11 is 0. The molecule has 158 valence electrons. The van der Waals surface area contributed by atoms with Crippen LogP contribution in [-0.2, 0) is 22.3 Å². The minimum Gasteiger partial charge on any atom is -0.370 e. The highest BCUT2D eigenvalue weighted by atomic mass is 32.2. The van der Waals surface area contributed by atoms with Crippen LogP contribution in [0, 0.1) is 0 Å². The standard InChI is InChI=1S/C22H32N4O2S/c1-5-17(4)18-10-12-21(13-11-18)25-22(23)24-14-19-8-6-7-9-20(19)15-29(27,28)26-16(2)3/h6-13,16-17,26H,5,14-15H2,1-4H3,(H3,23,24,25). The summed E-state index contributed by atoms with van der Waals surface area (Å²) < 4.78 is 27.1. The SMILES string of the molecule is CCC(C)c1ccc(NC(N)=NCc2ccccc2CS(=O)(=O)NC(C)C)cc1. The van der Waals surface area contributed by atoms with E-state index >= 15 is 0 Å². The Labute approximate surface area is 174 Å². The van der Waals surface area contributed by atoms with E-state index in [9.17, 15) is 8.42 Å². The summed E-state index contributed by atoms with van der Waals surface area (Å²) in [5.74, 6) is 0.730. The van der Waals surface area contributed by atoms with Gasteiger partial charge >= 0.3 is 0 Å². The van der Waals surface area contributed by atoms with Gasteiger partial charge in [-0.25, -0.2) is 18.1 Å². The monoisotopic (exact) mass is 416 g/mol. The summed E-state index contributed by atoms with van der Waals surface area (Å²) in [4.78, 5) is 4.38. The molecule has 0 radical (unpaired) electrons. The minimum absolute atomic E-state index is 0.0821. The average molecular weight is 417 g/mol. The van der Waals surface area contributed by atoms with Gasteiger partial charge in [0.2, 0.25) is 10.0 Å². The smallest absolute Gasteiger partial charge is 0.216 e. The molecule has 1 unspecified atom stereocenters. The van der Waals surface area contributed by atoms with Gasteiger partial charge in [-0.1, -0.05) is 50.2 Å². The molecule has 7 heteroatoms. The van der Waals surface area contributed by atoms with E-state index < -0.39 is 10.0 Å². The largest absolute Gasteiger partial charge is 0.370 e. The second-order valence-corrected chi connectivity index (χ2v) is 9.31. The van der Waals surface area contributed by atoms with Gasteiger partial charge < -0.3 is 11.1 Å². The maximum atomic E-state index is 12.3. The maximum absolute atomic E-state index is 12.3. The Morgan fingerprint density at radius 3 is 2.24 bits per heavy atom. The first-order valence-corrected chi connectivity index (χ1v) is 11.6. The Morgan fingerprint density at radius 1 is 1.03 bits per heavy atom. The fraction of sp³-hybridized carbons (Fsp3) is 0.409. The zero-order valence-corrected chi connectivity index (χ0v) is 18.5. The predicted molar refractivity (Wildman–Crippen MR) is 121 cm³/mol. The molecule has 0 spiro atoms. The number of rotatable bonds is 9. The van der Waals surface area contributed by atoms with Crippen molar-refractivity contribution in [1.82, 2.24) is 4.72 Å². The van der Waals surface area contributed by atoms with Crippen molar-refractivity contribution in [3.05, 3.63) is 65.2 Å². The van der Waals surface area contributed by atoms with Crippen LogP contribution in [0.5, 0.6) is 0 Å². The number of aliphatic imine (C=N–C) groups is 1. The molecule has 2 aromatic rings. The van der Waals surface area contributed by atoms with Crippen LogP contribution < -0.4 is 15.8 Å². The molecule has 0 aromatic heterocycles. The number of hydrogen-bond acceptors (Lipinski definition) is 3. The van der Waals surface area contributed by atoms with Crippen molar-refractivity contribution in [2.24, 2.45) is 10.7 Å². The lowest BCUT2D eigenvalue weighted by Gasteiger charge is -2.12. The lowest BCUT2D eigenvalue weighted by Crippen LogP contribution is -2.31. The molecule has 0 aliphatic heterocycles. The van der Waals surface area contributed by atoms with Crippen molar-refractivity contribution in [2.75, 3.05) is 5.32 Å². The van der Waals surface area contributed by atoms with Gasteiger partial charge in [-0.2, -0.15) is 0 Å². The van der Waals surface area contributed by atoms with Crippen LogP contribution in [-0.4, -0.2) is 20.4 Å². The summed E-state index contributed by atoms with van der Waals surface area (Å²) in [6, 6.07) is 15.4. The summed E-state index contributed by atoms with van der Waals surface area (Å²) in [6.07, 6.45) is 1.10. The molecule has 0 saturated carbocycles. The van der Waals surface area contributed by atoms with E-state index in [-0.39, 0.29) is 11.8 Å². The van der Waals surface area contributed by atoms with Crippen LogP contribution in [0.15, 0.2) is 53.5 Å². The van der Waals surface area contributed by atoms with E-state index in [4.69, 9.17) is 5.73 Å². The molecule has 1 atom stereocenters. The van der Waals surface area contributed by atoms with Crippen molar-refractivity contribution in [3.63, 3.8) is 0 Å². The van der Waals surface area contributed by atoms with Crippen LogP contribution in [0.3, 0.4) is 0 Å². The first-order chi connectivity index (χ1) is 13.7. The van der Waals surface area contributed by atoms with Crippen molar-refractivity contribution in [3.8, 4) is 0 Å². The number of guanidine groups is 1. The maximum Gasteiger partial charge on any atom is 0.216 e. The fourth-order valence-corrected chi connectivity index (χ4v) is 4.44. The molecule has 0 bridgehead atoms. The molecule has 29 heavy (non-hydrogen) atoms. The Balaban J connectivity index is 2.05. The van der Waals surface area contributed by atoms with E-state index in [1.165, 1.54) is 5.56 Å². The molecular weight excluding hydrogens is 384 g/mol. The zero-order valence-electron chi connectivity index (χ0n) is 17.6. The molecule has 0 aliphatic rings. The predicted octanol–water partition coefficient (Wildman–Crippen LogP) is 3.95. The quantitative estimate of drug-likeness (QED) is 0.426. The molecule has 0 saturated heterocycles. The minimum atomic E-state index is -3.40. The lowest BCUT2D eigenvalue weighted by atomic mass is 9.99. The molecule has 0 amide bonds. The first-order valence-electron chi connectivity index (χ1n) is 9.94. The van der Waals surface area contributed by atoms with Gasteiger partial charge in [0, 0.05) is 11.7 Å². The molecular formula is C22H32N4O2S. The molecule has 2 aromatic carbocycles. The number of nitrogens with one attached hydrogen (secondary N) is 2. The Bertz CT molecular complexity index is 922. The van der Waals surface area contributed by atoms with E-state index in [0.717, 1.165) is 23.2 Å². The summed E-state index contributed by atoms with van der Waals surface area (Å²) in [6.45, 7) is 8.28. The fourth-order valence-electron chi connectivity index (χ4n) is 2.95. The second-order valence-electron chi connectivity index (χ2n) is 7.56. The summed E-state index contributed by atoms with van der Waals surface area (Å²) in [5.41, 5.74) is 9.74. The topological polar surface area (TPSA) is 96.6 Å². The Hall–Kier alpha value is -2.38. The first kappa shape index (κ1) is 22.9. The van der Waals surface area contributed by atoms with Gasteiger partial charge in [0.1, 0.15) is 0 Å². The number of sulfonamides is 1. The van der Waals surface area contributed by atoms with Gasteiger partial charge in [-0.05, 0) is 55.0 Å². The van der Waals surface area contributed by atoms with Gasteiger partial charge in [-0.15, -0.1) is 0 Å². The highest BCUT2D eigenvalue weighted by Crippen LogP contribution is 2.20. The third-order valence-electron chi connectivity index (χ3n) is 4.66. The van der Waals surface area contributed by atoms with E-state index in [1.54, 1.807) is 13.8 Å². The zero-order chi connectivity index (χ0) is 21.4. The van der Waals surface area contributed by atoms with Crippen LogP contribution in [0.4, 0.5) is 5.69 Å². The molecule has 0 heterocycles. The Kier molecular flexibility index (Phi) is 8.22.